The van der Waals surface area contributed by atoms with E-state index >= 15 is 8.78 Å². The molecule has 2 aromatic heterocycles. The predicted octanol–water partition coefficient (Wildman–Crippen LogP) is 3.78. The zero-order valence-electron chi connectivity index (χ0n) is 27.0. The smallest absolute Gasteiger partial charge is 0.355 e. The topological polar surface area (TPSA) is 141 Å². The first-order valence-electron chi connectivity index (χ1n) is 15.6. The van der Waals surface area contributed by atoms with E-state index in [2.05, 4.69) is 16.5 Å². The molecule has 49 heavy (non-hydrogen) atoms. The third-order valence-corrected chi connectivity index (χ3v) is 9.77. The largest absolute Gasteiger partial charge is 0.426 e. The number of rotatable bonds is 8. The number of esters is 1. The Morgan fingerprint density at radius 2 is 1.84 bits per heavy atom. The summed E-state index contributed by atoms with van der Waals surface area (Å²) in [5.74, 6) is -3.46. The fourth-order valence-corrected chi connectivity index (χ4v) is 7.03. The van der Waals surface area contributed by atoms with Crippen molar-refractivity contribution < 1.29 is 36.3 Å². The number of hydrogen-bond donors (Lipinski definition) is 0. The van der Waals surface area contributed by atoms with Gasteiger partial charge in [-0.25, -0.2) is 31.5 Å². The molecule has 0 radical (unpaired) electrons. The van der Waals surface area contributed by atoms with E-state index in [1.165, 1.54) is 24.3 Å². The minimum atomic E-state index is -3.97. The molecule has 0 unspecified atom stereocenters. The van der Waals surface area contributed by atoms with Gasteiger partial charge in [0.05, 0.1) is 34.7 Å². The summed E-state index contributed by atoms with van der Waals surface area (Å²) < 4.78 is 70.0. The van der Waals surface area contributed by atoms with E-state index in [4.69, 9.17) is 9.47 Å². The molecule has 1 atom stereocenters. The number of nitrogens with zero attached hydrogens (tertiary/aromatic N) is 5. The van der Waals surface area contributed by atoms with Gasteiger partial charge >= 0.3 is 11.7 Å². The minimum absolute atomic E-state index is 0.0266. The van der Waals surface area contributed by atoms with Crippen molar-refractivity contribution in [2.24, 2.45) is 0 Å². The highest BCUT2D eigenvalue weighted by molar-refractivity contribution is 7.90. The number of carbonyl (C=O) groups is 2. The first-order chi connectivity index (χ1) is 23.3. The molecule has 6 rings (SSSR count). The monoisotopic (exact) mass is 693 g/mol. The van der Waals surface area contributed by atoms with Crippen molar-refractivity contribution in [2.75, 3.05) is 44.0 Å². The number of ether oxygens (including phenoxy) is 2. The zero-order valence-corrected chi connectivity index (χ0v) is 27.8. The number of piperazine rings is 1. The first kappa shape index (κ1) is 33.9. The van der Waals surface area contributed by atoms with E-state index in [0.29, 0.717) is 5.56 Å². The normalized spacial score (nSPS) is 16.8. The van der Waals surface area contributed by atoms with Crippen molar-refractivity contribution in [3.63, 3.8) is 0 Å². The Labute approximate surface area is 280 Å². The molecule has 2 aliphatic heterocycles. The minimum Gasteiger partial charge on any atom is -0.426 e. The van der Waals surface area contributed by atoms with Gasteiger partial charge in [0.25, 0.3) is 0 Å². The van der Waals surface area contributed by atoms with E-state index in [1.807, 2.05) is 0 Å². The Kier molecular flexibility index (Phi) is 9.07. The molecule has 15 heteroatoms. The molecular formula is C34H33F2N5O7S. The number of carbonyl (C=O) groups excluding carboxylic acids is 2. The Bertz CT molecular complexity index is 2190. The molecule has 0 saturated carbocycles. The lowest BCUT2D eigenvalue weighted by molar-refractivity contribution is -0.134. The molecule has 4 aromatic rings. The summed E-state index contributed by atoms with van der Waals surface area (Å²) >= 11 is 0. The number of fused-ring (bicyclic) bond motifs is 1. The number of pyridine rings is 1. The van der Waals surface area contributed by atoms with Crippen molar-refractivity contribution in [3.05, 3.63) is 82.8 Å². The molecule has 2 aliphatic rings. The van der Waals surface area contributed by atoms with Crippen LogP contribution in [-0.4, -0.2) is 84.9 Å². The predicted molar refractivity (Wildman–Crippen MR) is 177 cm³/mol. The van der Waals surface area contributed by atoms with E-state index in [1.54, 1.807) is 35.8 Å². The van der Waals surface area contributed by atoms with Gasteiger partial charge in [0.15, 0.2) is 21.3 Å². The van der Waals surface area contributed by atoms with Crippen molar-refractivity contribution in [3.8, 4) is 22.7 Å². The lowest BCUT2D eigenvalue weighted by atomic mass is 9.95. The summed E-state index contributed by atoms with van der Waals surface area (Å²) in [4.78, 5) is 50.9. The molecule has 1 amide bonds. The summed E-state index contributed by atoms with van der Waals surface area (Å²) in [7, 11) is -3.97. The van der Waals surface area contributed by atoms with Crippen LogP contribution in [0.3, 0.4) is 0 Å². The molecule has 4 heterocycles. The average molecular weight is 694 g/mol. The fourth-order valence-electron chi connectivity index (χ4n) is 6.14. The molecule has 2 aromatic carbocycles. The number of halogens is 2. The van der Waals surface area contributed by atoms with E-state index in [-0.39, 0.29) is 84.3 Å². The van der Waals surface area contributed by atoms with Crippen LogP contribution in [0.2, 0.25) is 0 Å². The van der Waals surface area contributed by atoms with Gasteiger partial charge in [-0.2, -0.15) is 4.98 Å². The van der Waals surface area contributed by atoms with Gasteiger partial charge in [-0.1, -0.05) is 31.7 Å². The van der Waals surface area contributed by atoms with Crippen LogP contribution in [0.25, 0.3) is 28.0 Å². The van der Waals surface area contributed by atoms with Crippen LogP contribution in [0.5, 0.6) is 5.75 Å². The number of aromatic nitrogens is 3. The maximum absolute atomic E-state index is 16.3. The van der Waals surface area contributed by atoms with Gasteiger partial charge in [-0.15, -0.1) is 0 Å². The summed E-state index contributed by atoms with van der Waals surface area (Å²) in [6.07, 6.45) is 2.16. The van der Waals surface area contributed by atoms with Gasteiger partial charge in [0.2, 0.25) is 5.91 Å². The van der Waals surface area contributed by atoms with E-state index in [0.717, 1.165) is 23.0 Å². The van der Waals surface area contributed by atoms with Gasteiger partial charge < -0.3 is 19.3 Å². The second-order valence-corrected chi connectivity index (χ2v) is 13.9. The number of amides is 1. The van der Waals surface area contributed by atoms with Crippen LogP contribution >= 0.6 is 0 Å². The SMILES string of the molecule is C=CC(=O)N1CCN(c2nc(=O)n(-c3c(C4COC4)cccc3S(C)(=O)=O)c3nc(-c4c(F)cccc4OC(=O)CC)c(F)cc23)[C@@H](C)C1. The highest BCUT2D eigenvalue weighted by Crippen LogP contribution is 2.39. The Morgan fingerprint density at radius 3 is 2.47 bits per heavy atom. The van der Waals surface area contributed by atoms with Gasteiger partial charge in [-0.3, -0.25) is 9.59 Å². The molecule has 2 saturated heterocycles. The van der Waals surface area contributed by atoms with Crippen molar-refractivity contribution in [1.29, 1.82) is 0 Å². The third-order valence-electron chi connectivity index (χ3n) is 8.64. The molecular weight excluding hydrogens is 660 g/mol. The second-order valence-electron chi connectivity index (χ2n) is 11.9. The van der Waals surface area contributed by atoms with Gasteiger partial charge in [0.1, 0.15) is 23.1 Å². The van der Waals surface area contributed by atoms with E-state index < -0.39 is 50.4 Å². The number of sulfone groups is 1. The highest BCUT2D eigenvalue weighted by Gasteiger charge is 2.33. The number of para-hydroxylation sites is 1. The van der Waals surface area contributed by atoms with Crippen molar-refractivity contribution in [2.45, 2.75) is 37.1 Å². The van der Waals surface area contributed by atoms with Crippen LogP contribution in [0.4, 0.5) is 14.6 Å². The van der Waals surface area contributed by atoms with Crippen LogP contribution in [-0.2, 0) is 24.2 Å². The van der Waals surface area contributed by atoms with Crippen LogP contribution in [0.1, 0.15) is 31.7 Å². The maximum Gasteiger partial charge on any atom is 0.355 e. The third kappa shape index (κ3) is 6.19. The average Bonchev–Trinajstić information content (AvgIpc) is 3.03. The molecule has 256 valence electrons. The van der Waals surface area contributed by atoms with Crippen molar-refractivity contribution >= 4 is 38.6 Å². The standard InChI is InChI=1S/C34H33F2N5O7S/c1-5-27(42)39-13-14-40(19(3)16-39)32-22-15-24(36)30(29-23(35)10-8-11-25(29)48-28(43)6-2)37-33(22)41(34(44)38-32)31-21(20-17-47-18-20)9-7-12-26(31)49(4,45)46/h5,7-12,15,19-20H,1,6,13-14,16-18H2,2-4H3/t19-/m0/s1. The van der Waals surface area contributed by atoms with Crippen LogP contribution in [0.15, 0.2) is 64.8 Å². The summed E-state index contributed by atoms with van der Waals surface area (Å²) in [6, 6.07) is 8.87. The number of anilines is 1. The zero-order chi connectivity index (χ0) is 35.2. The summed E-state index contributed by atoms with van der Waals surface area (Å²) in [5.41, 5.74) is -1.74. The molecule has 0 aliphatic carbocycles. The second kappa shape index (κ2) is 13.1. The molecule has 2 fully saturated rings. The fraction of sp³-hybridized carbons (Fsp3) is 0.324. The molecule has 0 bridgehead atoms. The molecule has 0 N–H and O–H groups in total. The Hall–Kier alpha value is -5.02. The number of hydrogen-bond acceptors (Lipinski definition) is 10. The van der Waals surface area contributed by atoms with E-state index in [9.17, 15) is 22.8 Å². The maximum atomic E-state index is 16.3. The first-order valence-corrected chi connectivity index (χ1v) is 17.4. The van der Waals surface area contributed by atoms with Gasteiger partial charge in [0, 0.05) is 44.3 Å². The highest BCUT2D eigenvalue weighted by atomic mass is 32.2. The van der Waals surface area contributed by atoms with Crippen molar-refractivity contribution in [1.82, 2.24) is 19.4 Å². The van der Waals surface area contributed by atoms with Crippen LogP contribution < -0.4 is 15.3 Å². The number of benzene rings is 2. The van der Waals surface area contributed by atoms with Crippen LogP contribution in [0, 0.1) is 11.6 Å². The quantitative estimate of drug-likeness (QED) is 0.152. The Morgan fingerprint density at radius 1 is 1.10 bits per heavy atom. The lowest BCUT2D eigenvalue weighted by Gasteiger charge is -2.40. The molecule has 0 spiro atoms. The molecule has 12 nitrogen and oxygen atoms in total. The lowest BCUT2D eigenvalue weighted by Crippen LogP contribution is -2.54. The summed E-state index contributed by atoms with van der Waals surface area (Å²) in [6.45, 7) is 8.12. The van der Waals surface area contributed by atoms with Gasteiger partial charge in [-0.05, 0) is 42.8 Å². The summed E-state index contributed by atoms with van der Waals surface area (Å²) in [5, 5.41) is 0.0266. The Balaban J connectivity index is 1.69.